The molecule has 0 aromatic carbocycles. The van der Waals surface area contributed by atoms with Crippen molar-refractivity contribution in [2.24, 2.45) is 17.3 Å². The van der Waals surface area contributed by atoms with E-state index in [1.807, 2.05) is 0 Å². The Bertz CT molecular complexity index is 452. The Morgan fingerprint density at radius 2 is 2.06 bits per heavy atom. The molecule has 18 heavy (non-hydrogen) atoms. The lowest BCUT2D eigenvalue weighted by molar-refractivity contribution is 0.0785. The second kappa shape index (κ2) is 4.64. The normalized spacial score (nSPS) is 41.1. The molecule has 104 valence electrons. The zero-order valence-electron chi connectivity index (χ0n) is 11.8. The van der Waals surface area contributed by atoms with Crippen LogP contribution in [-0.2, 0) is 14.3 Å². The van der Waals surface area contributed by atoms with Crippen molar-refractivity contribution in [1.29, 1.82) is 0 Å². The molecular weight excluding hydrogens is 248 g/mol. The van der Waals surface area contributed by atoms with Crippen LogP contribution in [0.3, 0.4) is 0 Å². The van der Waals surface area contributed by atoms with Gasteiger partial charge in [-0.05, 0) is 42.9 Å². The summed E-state index contributed by atoms with van der Waals surface area (Å²) in [6.07, 6.45) is 7.07. The van der Waals surface area contributed by atoms with Crippen molar-refractivity contribution in [1.82, 2.24) is 0 Å². The van der Waals surface area contributed by atoms with E-state index in [-0.39, 0.29) is 11.5 Å². The van der Waals surface area contributed by atoms with Gasteiger partial charge in [-0.25, -0.2) is 0 Å². The lowest BCUT2D eigenvalue weighted by atomic mass is 9.58. The highest BCUT2D eigenvalue weighted by Gasteiger charge is 2.44. The lowest BCUT2D eigenvalue weighted by Crippen LogP contribution is -2.41. The molecule has 0 aromatic heterocycles. The Labute approximate surface area is 111 Å². The van der Waals surface area contributed by atoms with E-state index in [0.29, 0.717) is 11.8 Å². The predicted octanol–water partition coefficient (Wildman–Crippen LogP) is 3.12. The molecule has 0 N–H and O–H groups in total. The SMILES string of the molecule is CC1CC=C2C[C@@H](OS(C)(=O)=O)CC[C@]2(C)C1C. The molecular formula is C14H24O3S. The van der Waals surface area contributed by atoms with Crippen LogP contribution in [-0.4, -0.2) is 20.8 Å². The standard InChI is InChI=1S/C14H24O3S/c1-10-5-6-12-9-13(17-18(4,15)16)7-8-14(12,3)11(10)2/h6,10-11,13H,5,7-9H2,1-4H3/t10?,11?,13-,14+/m0/s1. The quantitative estimate of drug-likeness (QED) is 0.573. The molecule has 2 aliphatic rings. The average molecular weight is 272 g/mol. The summed E-state index contributed by atoms with van der Waals surface area (Å²) >= 11 is 0. The van der Waals surface area contributed by atoms with Crippen LogP contribution in [0.4, 0.5) is 0 Å². The number of allylic oxidation sites excluding steroid dienone is 1. The molecule has 4 heteroatoms. The van der Waals surface area contributed by atoms with Crippen LogP contribution in [0.2, 0.25) is 0 Å². The molecule has 0 spiro atoms. The summed E-state index contributed by atoms with van der Waals surface area (Å²) in [5.74, 6) is 1.38. The van der Waals surface area contributed by atoms with Crippen molar-refractivity contribution < 1.29 is 12.6 Å². The van der Waals surface area contributed by atoms with E-state index in [9.17, 15) is 8.42 Å². The van der Waals surface area contributed by atoms with Crippen molar-refractivity contribution in [2.75, 3.05) is 6.26 Å². The van der Waals surface area contributed by atoms with Crippen molar-refractivity contribution in [3.63, 3.8) is 0 Å². The first-order valence-corrected chi connectivity index (χ1v) is 8.62. The number of hydrogen-bond acceptors (Lipinski definition) is 3. The van der Waals surface area contributed by atoms with E-state index >= 15 is 0 Å². The molecule has 0 heterocycles. The maximum absolute atomic E-state index is 11.2. The van der Waals surface area contributed by atoms with E-state index in [4.69, 9.17) is 4.18 Å². The average Bonchev–Trinajstić information content (AvgIpc) is 2.25. The first-order valence-electron chi connectivity index (χ1n) is 6.80. The second-order valence-electron chi connectivity index (χ2n) is 6.31. The fraction of sp³-hybridized carbons (Fsp3) is 0.857. The molecule has 0 aliphatic heterocycles. The van der Waals surface area contributed by atoms with Crippen molar-refractivity contribution in [2.45, 2.75) is 52.6 Å². The highest BCUT2D eigenvalue weighted by Crippen LogP contribution is 2.52. The van der Waals surface area contributed by atoms with Gasteiger partial charge in [-0.3, -0.25) is 4.18 Å². The van der Waals surface area contributed by atoms with Gasteiger partial charge in [0.05, 0.1) is 12.4 Å². The number of hydrogen-bond donors (Lipinski definition) is 0. The van der Waals surface area contributed by atoms with Crippen LogP contribution in [0, 0.1) is 17.3 Å². The van der Waals surface area contributed by atoms with Gasteiger partial charge in [0.1, 0.15) is 0 Å². The maximum Gasteiger partial charge on any atom is 0.264 e. The number of fused-ring (bicyclic) bond motifs is 1. The van der Waals surface area contributed by atoms with Crippen molar-refractivity contribution >= 4 is 10.1 Å². The van der Waals surface area contributed by atoms with Crippen LogP contribution < -0.4 is 0 Å². The minimum absolute atomic E-state index is 0.153. The molecule has 0 saturated heterocycles. The topological polar surface area (TPSA) is 43.4 Å². The molecule has 0 bridgehead atoms. The zero-order valence-corrected chi connectivity index (χ0v) is 12.6. The predicted molar refractivity (Wildman–Crippen MR) is 72.7 cm³/mol. The maximum atomic E-state index is 11.2. The third kappa shape index (κ3) is 2.64. The van der Waals surface area contributed by atoms with Crippen molar-refractivity contribution in [3.8, 4) is 0 Å². The summed E-state index contributed by atoms with van der Waals surface area (Å²) in [7, 11) is -3.33. The van der Waals surface area contributed by atoms with Crippen LogP contribution in [0.1, 0.15) is 46.5 Å². The second-order valence-corrected chi connectivity index (χ2v) is 7.91. The summed E-state index contributed by atoms with van der Waals surface area (Å²) in [4.78, 5) is 0. The highest BCUT2D eigenvalue weighted by atomic mass is 32.2. The molecule has 1 saturated carbocycles. The minimum Gasteiger partial charge on any atom is -0.267 e. The largest absolute Gasteiger partial charge is 0.267 e. The summed E-state index contributed by atoms with van der Waals surface area (Å²) in [6, 6.07) is 0. The monoisotopic (exact) mass is 272 g/mol. The Morgan fingerprint density at radius 3 is 2.67 bits per heavy atom. The van der Waals surface area contributed by atoms with Gasteiger partial charge in [0.2, 0.25) is 0 Å². The zero-order chi connectivity index (χ0) is 13.6. The van der Waals surface area contributed by atoms with Gasteiger partial charge in [0.25, 0.3) is 10.1 Å². The Kier molecular flexibility index (Phi) is 3.63. The third-order valence-electron chi connectivity index (χ3n) is 5.07. The minimum atomic E-state index is -3.33. The first-order chi connectivity index (χ1) is 8.22. The van der Waals surface area contributed by atoms with Crippen LogP contribution in [0.15, 0.2) is 11.6 Å². The van der Waals surface area contributed by atoms with Crippen LogP contribution in [0.5, 0.6) is 0 Å². The summed E-state index contributed by atoms with van der Waals surface area (Å²) in [6.45, 7) is 6.97. The molecule has 2 rings (SSSR count). The molecule has 0 radical (unpaired) electrons. The lowest BCUT2D eigenvalue weighted by Gasteiger charge is -2.48. The molecule has 1 fully saturated rings. The smallest absolute Gasteiger partial charge is 0.264 e. The highest BCUT2D eigenvalue weighted by molar-refractivity contribution is 7.86. The van der Waals surface area contributed by atoms with E-state index in [1.54, 1.807) is 0 Å². The molecule has 0 amide bonds. The van der Waals surface area contributed by atoms with Crippen molar-refractivity contribution in [3.05, 3.63) is 11.6 Å². The van der Waals surface area contributed by atoms with E-state index in [2.05, 4.69) is 26.8 Å². The fourth-order valence-corrected chi connectivity index (χ4v) is 4.19. The molecule has 4 atom stereocenters. The third-order valence-corrected chi connectivity index (χ3v) is 5.69. The summed E-state index contributed by atoms with van der Waals surface area (Å²) in [5, 5.41) is 0. The Balaban J connectivity index is 2.16. The van der Waals surface area contributed by atoms with Gasteiger partial charge in [-0.2, -0.15) is 8.42 Å². The fourth-order valence-electron chi connectivity index (χ4n) is 3.53. The van der Waals surface area contributed by atoms with Crippen LogP contribution >= 0.6 is 0 Å². The van der Waals surface area contributed by atoms with E-state index < -0.39 is 10.1 Å². The van der Waals surface area contributed by atoms with E-state index in [1.165, 1.54) is 5.57 Å². The van der Waals surface area contributed by atoms with Gasteiger partial charge in [0.15, 0.2) is 0 Å². The van der Waals surface area contributed by atoms with Gasteiger partial charge in [-0.15, -0.1) is 0 Å². The van der Waals surface area contributed by atoms with Gasteiger partial charge in [-0.1, -0.05) is 32.4 Å². The van der Waals surface area contributed by atoms with E-state index in [0.717, 1.165) is 31.9 Å². The summed E-state index contributed by atoms with van der Waals surface area (Å²) < 4.78 is 27.6. The van der Waals surface area contributed by atoms with Crippen LogP contribution in [0.25, 0.3) is 0 Å². The number of rotatable bonds is 2. The molecule has 0 aromatic rings. The van der Waals surface area contributed by atoms with Gasteiger partial charge < -0.3 is 0 Å². The van der Waals surface area contributed by atoms with Gasteiger partial charge >= 0.3 is 0 Å². The molecule has 3 nitrogen and oxygen atoms in total. The Morgan fingerprint density at radius 1 is 1.39 bits per heavy atom. The molecule has 2 unspecified atom stereocenters. The molecule has 2 aliphatic carbocycles. The Hall–Kier alpha value is -0.350. The first kappa shape index (κ1) is 14.1. The summed E-state index contributed by atoms with van der Waals surface area (Å²) in [5.41, 5.74) is 1.66. The van der Waals surface area contributed by atoms with Gasteiger partial charge in [0, 0.05) is 0 Å².